The molecule has 5 heteroatoms. The second-order valence-corrected chi connectivity index (χ2v) is 5.93. The number of methoxy groups -OCH3 is 1. The van der Waals surface area contributed by atoms with Crippen LogP contribution in [0.1, 0.15) is 13.8 Å². The Bertz CT molecular complexity index is 675. The van der Waals surface area contributed by atoms with Crippen molar-refractivity contribution in [2.45, 2.75) is 20.0 Å². The van der Waals surface area contributed by atoms with E-state index >= 15 is 0 Å². The molecule has 1 saturated heterocycles. The molecule has 22 heavy (non-hydrogen) atoms. The van der Waals surface area contributed by atoms with Crippen molar-refractivity contribution < 1.29 is 13.9 Å². The normalized spacial score (nSPS) is 19.0. The van der Waals surface area contributed by atoms with Crippen LogP contribution in [0, 0.1) is 11.7 Å². The molecule has 0 amide bonds. The molecule has 3 rings (SSSR count). The minimum Gasteiger partial charge on any atom is -0.494 e. The molecule has 0 saturated carbocycles. The van der Waals surface area contributed by atoms with Crippen LogP contribution in [-0.4, -0.2) is 37.9 Å². The number of pyridine rings is 1. The summed E-state index contributed by atoms with van der Waals surface area (Å²) in [6.07, 6.45) is 1.93. The summed E-state index contributed by atoms with van der Waals surface area (Å²) in [7, 11) is 1.48. The fraction of sp³-hybridized carbons (Fsp3) is 0.471. The molecule has 1 aliphatic heterocycles. The van der Waals surface area contributed by atoms with Gasteiger partial charge in [-0.2, -0.15) is 0 Å². The summed E-state index contributed by atoms with van der Waals surface area (Å²) in [6, 6.07) is 5.13. The average molecular weight is 304 g/mol. The molecule has 1 fully saturated rings. The monoisotopic (exact) mass is 304 g/mol. The smallest absolute Gasteiger partial charge is 0.167 e. The Labute approximate surface area is 129 Å². The van der Waals surface area contributed by atoms with Gasteiger partial charge in [-0.1, -0.05) is 13.8 Å². The topological polar surface area (TPSA) is 34.6 Å². The SMILES string of the molecule is COc1cc2c(N3CCOC(C(C)C)C3)ccnc2cc1F. The molecule has 0 radical (unpaired) electrons. The Morgan fingerprint density at radius 1 is 1.41 bits per heavy atom. The van der Waals surface area contributed by atoms with Gasteiger partial charge in [0, 0.05) is 36.4 Å². The lowest BCUT2D eigenvalue weighted by Gasteiger charge is -2.36. The number of hydrogen-bond donors (Lipinski definition) is 0. The van der Waals surface area contributed by atoms with Crippen molar-refractivity contribution in [1.29, 1.82) is 0 Å². The maximum atomic E-state index is 13.9. The van der Waals surface area contributed by atoms with E-state index in [0.717, 1.165) is 24.2 Å². The number of hydrogen-bond acceptors (Lipinski definition) is 4. The molecule has 1 aromatic carbocycles. The third kappa shape index (κ3) is 2.73. The van der Waals surface area contributed by atoms with Gasteiger partial charge < -0.3 is 14.4 Å². The molecule has 1 unspecified atom stereocenters. The Morgan fingerprint density at radius 3 is 2.95 bits per heavy atom. The van der Waals surface area contributed by atoms with Crippen LogP contribution in [0.2, 0.25) is 0 Å². The molecule has 118 valence electrons. The molecule has 0 aliphatic carbocycles. The maximum Gasteiger partial charge on any atom is 0.167 e. The first-order valence-electron chi connectivity index (χ1n) is 7.59. The largest absolute Gasteiger partial charge is 0.494 e. The quantitative estimate of drug-likeness (QED) is 0.872. The standard InChI is InChI=1S/C17H21FN2O2/c1-11(2)17-10-20(6-7-22-17)15-4-5-19-14-9-13(18)16(21-3)8-12(14)15/h4-5,8-9,11,17H,6-7,10H2,1-3H3. The Hall–Kier alpha value is -1.88. The second kappa shape index (κ2) is 6.08. The first-order chi connectivity index (χ1) is 10.6. The van der Waals surface area contributed by atoms with Crippen molar-refractivity contribution in [3.05, 3.63) is 30.2 Å². The molecule has 2 heterocycles. The summed E-state index contributed by atoms with van der Waals surface area (Å²) in [5, 5.41) is 0.908. The summed E-state index contributed by atoms with van der Waals surface area (Å²) in [5.74, 6) is 0.319. The summed E-state index contributed by atoms with van der Waals surface area (Å²) >= 11 is 0. The van der Waals surface area contributed by atoms with Gasteiger partial charge in [-0.25, -0.2) is 4.39 Å². The first kappa shape index (κ1) is 15.0. The van der Waals surface area contributed by atoms with Gasteiger partial charge >= 0.3 is 0 Å². The van der Waals surface area contributed by atoms with Crippen molar-refractivity contribution in [3.63, 3.8) is 0 Å². The Morgan fingerprint density at radius 2 is 2.23 bits per heavy atom. The molecule has 0 N–H and O–H groups in total. The van der Waals surface area contributed by atoms with E-state index < -0.39 is 0 Å². The summed E-state index contributed by atoms with van der Waals surface area (Å²) in [6.45, 7) is 6.68. The number of anilines is 1. The van der Waals surface area contributed by atoms with Crippen molar-refractivity contribution in [3.8, 4) is 5.75 Å². The Kier molecular flexibility index (Phi) is 4.16. The van der Waals surface area contributed by atoms with Gasteiger partial charge in [0.05, 0.1) is 25.3 Å². The number of halogens is 1. The van der Waals surface area contributed by atoms with Gasteiger partial charge in [-0.15, -0.1) is 0 Å². The first-order valence-corrected chi connectivity index (χ1v) is 7.59. The molecule has 1 aromatic heterocycles. The zero-order valence-corrected chi connectivity index (χ0v) is 13.2. The molecule has 4 nitrogen and oxygen atoms in total. The van der Waals surface area contributed by atoms with Crippen LogP contribution >= 0.6 is 0 Å². The van der Waals surface area contributed by atoms with Gasteiger partial charge in [0.1, 0.15) is 0 Å². The molecular formula is C17H21FN2O2. The van der Waals surface area contributed by atoms with Gasteiger partial charge in [-0.05, 0) is 18.1 Å². The van der Waals surface area contributed by atoms with Gasteiger partial charge in [0.2, 0.25) is 0 Å². The predicted octanol–water partition coefficient (Wildman–Crippen LogP) is 3.24. The number of benzene rings is 1. The number of fused-ring (bicyclic) bond motifs is 1. The summed E-state index contributed by atoms with van der Waals surface area (Å²) < 4.78 is 24.8. The highest BCUT2D eigenvalue weighted by atomic mass is 19.1. The molecule has 0 bridgehead atoms. The van der Waals surface area contributed by atoms with E-state index in [4.69, 9.17) is 9.47 Å². The van der Waals surface area contributed by atoms with Gasteiger partial charge in [0.15, 0.2) is 11.6 Å². The van der Waals surface area contributed by atoms with Gasteiger partial charge in [0.25, 0.3) is 0 Å². The zero-order valence-electron chi connectivity index (χ0n) is 13.2. The highest BCUT2D eigenvalue weighted by Crippen LogP contribution is 2.32. The van der Waals surface area contributed by atoms with Crippen LogP contribution in [0.25, 0.3) is 10.9 Å². The van der Waals surface area contributed by atoms with Crippen LogP contribution < -0.4 is 9.64 Å². The van der Waals surface area contributed by atoms with E-state index in [9.17, 15) is 4.39 Å². The number of rotatable bonds is 3. The van der Waals surface area contributed by atoms with Crippen LogP contribution in [0.4, 0.5) is 10.1 Å². The van der Waals surface area contributed by atoms with E-state index in [0.29, 0.717) is 18.0 Å². The van der Waals surface area contributed by atoms with E-state index in [-0.39, 0.29) is 17.7 Å². The predicted molar refractivity (Wildman–Crippen MR) is 85.0 cm³/mol. The van der Waals surface area contributed by atoms with Gasteiger partial charge in [-0.3, -0.25) is 4.98 Å². The van der Waals surface area contributed by atoms with E-state index in [1.54, 1.807) is 12.3 Å². The van der Waals surface area contributed by atoms with Crippen molar-refractivity contribution in [1.82, 2.24) is 4.98 Å². The maximum absolute atomic E-state index is 13.9. The molecular weight excluding hydrogens is 283 g/mol. The van der Waals surface area contributed by atoms with Crippen molar-refractivity contribution >= 4 is 16.6 Å². The summed E-state index contributed by atoms with van der Waals surface area (Å²) in [5.41, 5.74) is 1.70. The highest BCUT2D eigenvalue weighted by molar-refractivity contribution is 5.92. The van der Waals surface area contributed by atoms with E-state index in [1.165, 1.54) is 13.2 Å². The number of ether oxygens (including phenoxy) is 2. The number of aromatic nitrogens is 1. The minimum absolute atomic E-state index is 0.208. The lowest BCUT2D eigenvalue weighted by Crippen LogP contribution is -2.44. The van der Waals surface area contributed by atoms with Crippen LogP contribution in [0.3, 0.4) is 0 Å². The fourth-order valence-corrected chi connectivity index (χ4v) is 2.86. The number of nitrogens with zero attached hydrogens (tertiary/aromatic N) is 2. The lowest BCUT2D eigenvalue weighted by atomic mass is 10.0. The van der Waals surface area contributed by atoms with Crippen LogP contribution in [0.5, 0.6) is 5.75 Å². The fourth-order valence-electron chi connectivity index (χ4n) is 2.86. The third-order valence-electron chi connectivity index (χ3n) is 4.17. The Balaban J connectivity index is 2.03. The van der Waals surface area contributed by atoms with Crippen molar-refractivity contribution in [2.24, 2.45) is 5.92 Å². The molecule has 2 aromatic rings. The zero-order chi connectivity index (χ0) is 15.7. The van der Waals surface area contributed by atoms with Crippen LogP contribution in [-0.2, 0) is 4.74 Å². The number of morpholine rings is 1. The third-order valence-corrected chi connectivity index (χ3v) is 4.17. The molecule has 1 aliphatic rings. The second-order valence-electron chi connectivity index (χ2n) is 5.93. The minimum atomic E-state index is -0.387. The average Bonchev–Trinajstić information content (AvgIpc) is 2.53. The lowest BCUT2D eigenvalue weighted by molar-refractivity contribution is 0.0115. The van der Waals surface area contributed by atoms with E-state index in [1.807, 2.05) is 6.07 Å². The molecule has 1 atom stereocenters. The van der Waals surface area contributed by atoms with Crippen molar-refractivity contribution in [2.75, 3.05) is 31.7 Å². The van der Waals surface area contributed by atoms with Crippen LogP contribution in [0.15, 0.2) is 24.4 Å². The highest BCUT2D eigenvalue weighted by Gasteiger charge is 2.24. The van der Waals surface area contributed by atoms with E-state index in [2.05, 4.69) is 23.7 Å². The summed E-state index contributed by atoms with van der Waals surface area (Å²) in [4.78, 5) is 6.56. The molecule has 0 spiro atoms.